The van der Waals surface area contributed by atoms with Crippen molar-refractivity contribution in [3.8, 4) is 0 Å². The second kappa shape index (κ2) is 31.1. The molecule has 0 bridgehead atoms. The lowest BCUT2D eigenvalue weighted by molar-refractivity contribution is -0.143. The van der Waals surface area contributed by atoms with E-state index in [2.05, 4.69) is 70.1 Å². The summed E-state index contributed by atoms with van der Waals surface area (Å²) >= 11 is 4.16. The summed E-state index contributed by atoms with van der Waals surface area (Å²) in [6.07, 6.45) is 1.83. The van der Waals surface area contributed by atoms with Gasteiger partial charge in [-0.1, -0.05) is 20.3 Å². The zero-order valence-corrected chi connectivity index (χ0v) is 42.0. The van der Waals surface area contributed by atoms with Gasteiger partial charge in [0.15, 0.2) is 5.96 Å². The second-order valence-corrected chi connectivity index (χ2v) is 17.6. The van der Waals surface area contributed by atoms with Gasteiger partial charge >= 0.3 is 5.97 Å². The van der Waals surface area contributed by atoms with Crippen LogP contribution < -0.4 is 71.2 Å². The Bertz CT molecular complexity index is 2200. The smallest absolute Gasteiger partial charge is 0.328 e. The number of nitrogens with zero attached hydrogens (tertiary/aromatic N) is 3. The molecule has 1 fully saturated rings. The van der Waals surface area contributed by atoms with Gasteiger partial charge in [0.1, 0.15) is 48.3 Å². The van der Waals surface area contributed by atoms with Gasteiger partial charge in [0.2, 0.25) is 65.0 Å². The van der Waals surface area contributed by atoms with Crippen LogP contribution in [0.15, 0.2) is 17.5 Å². The molecule has 1 aliphatic rings. The number of hydrogen-bond acceptors (Lipinski definition) is 17. The Kier molecular flexibility index (Phi) is 26.3. The number of H-pyrrole nitrogens is 1. The highest BCUT2D eigenvalue weighted by Crippen LogP contribution is 2.21. The molecule has 1 aromatic rings. The normalized spacial score (nSPS) is 16.6. The molecule has 21 N–H and O–H groups in total. The fourth-order valence-electron chi connectivity index (χ4n) is 7.09. The largest absolute Gasteiger partial charge is 0.480 e. The number of aliphatic hydroxyl groups is 1. The van der Waals surface area contributed by atoms with Crippen molar-refractivity contribution < 1.29 is 67.7 Å². The molecule has 0 radical (unpaired) electrons. The Morgan fingerprint density at radius 1 is 0.784 bits per heavy atom. The number of aromatic amines is 1. The summed E-state index contributed by atoms with van der Waals surface area (Å²) in [5.74, 6) is -13.1. The molecule has 1 saturated heterocycles. The van der Waals surface area contributed by atoms with Crippen LogP contribution in [0, 0.1) is 5.92 Å². The van der Waals surface area contributed by atoms with Crippen molar-refractivity contribution in [3.05, 3.63) is 18.2 Å². The van der Waals surface area contributed by atoms with E-state index in [9.17, 15) is 67.7 Å². The van der Waals surface area contributed by atoms with E-state index in [1.807, 2.05) is 6.92 Å². The minimum atomic E-state index is -1.87. The first kappa shape index (κ1) is 62.5. The van der Waals surface area contributed by atoms with Crippen LogP contribution in [0.1, 0.15) is 71.4 Å². The molecule has 32 heteroatoms. The first-order valence-corrected chi connectivity index (χ1v) is 24.0. The number of nitrogens with one attached hydrogen (secondary N) is 9. The number of carbonyl (C=O) groups is 12. The highest BCUT2D eigenvalue weighted by molar-refractivity contribution is 7.80. The summed E-state index contributed by atoms with van der Waals surface area (Å²) in [4.78, 5) is 168. The Morgan fingerprint density at radius 3 is 1.85 bits per heavy atom. The van der Waals surface area contributed by atoms with Crippen LogP contribution in [0.2, 0.25) is 0 Å². The van der Waals surface area contributed by atoms with Crippen LogP contribution in [0.4, 0.5) is 0 Å². The average molecular weight is 1070 g/mol. The molecular formula is C42H69N17O14S. The van der Waals surface area contributed by atoms with Crippen molar-refractivity contribution in [2.24, 2.45) is 39.6 Å². The third kappa shape index (κ3) is 20.9. The molecule has 0 aliphatic carbocycles. The van der Waals surface area contributed by atoms with Gasteiger partial charge in [-0.15, -0.1) is 0 Å². The molecule has 0 aromatic carbocycles. The fourth-order valence-corrected chi connectivity index (χ4v) is 7.35. The maximum atomic E-state index is 13.8. The predicted molar refractivity (Wildman–Crippen MR) is 263 cm³/mol. The Morgan fingerprint density at radius 2 is 1.34 bits per heavy atom. The molecule has 2 heterocycles. The molecule has 31 nitrogen and oxygen atoms in total. The van der Waals surface area contributed by atoms with Gasteiger partial charge in [0.05, 0.1) is 38.4 Å². The summed E-state index contributed by atoms with van der Waals surface area (Å²) in [6, 6.07) is -13.0. The van der Waals surface area contributed by atoms with Gasteiger partial charge in [0, 0.05) is 37.2 Å². The Labute approximate surface area is 430 Å². The number of rotatable bonds is 32. The molecule has 2 rings (SSSR count). The summed E-state index contributed by atoms with van der Waals surface area (Å²) in [5, 5.41) is 37.0. The second-order valence-electron chi connectivity index (χ2n) is 17.2. The number of aromatic nitrogens is 2. The number of carboxylic acids is 1. The number of hydrogen-bond donors (Lipinski definition) is 17. The van der Waals surface area contributed by atoms with Crippen molar-refractivity contribution in [1.29, 1.82) is 0 Å². The number of nitrogens with two attached hydrogens (primary N) is 5. The number of primary amides is 2. The van der Waals surface area contributed by atoms with Crippen LogP contribution >= 0.6 is 12.6 Å². The van der Waals surface area contributed by atoms with Gasteiger partial charge in [-0.25, -0.2) is 9.78 Å². The Hall–Kier alpha value is -7.61. The standard InChI is InChI=1S/C42H69N17O14S/c1-4-19(2)32(45)40(71)59-10-6-8-28(59)39(70)58-27(17-74)38(69)56-25(13-30(44)62)37(68)55-24(12-29(43)61)36(67)53-22(7-5-9-49-42(46)47)34(65)50-15-31(63)52-20(3)33(64)54-23(11-21-14-48-18-51-21)35(66)57-26(16-60)41(72)73/h14,18-20,22-28,32,60,74H,4-13,15-17,45H2,1-3H3,(H2,43,61)(H2,44,62)(H,48,51)(H,50,65)(H,52,63)(H,53,67)(H,54,64)(H,55,68)(H,56,69)(H,57,66)(H,58,70)(H,72,73)(H4,46,47,49)/t19-,20-,22-,23-,24-,25-,26-,27-,28-,32-/m0/s1. The van der Waals surface area contributed by atoms with Crippen LogP contribution in [0.5, 0.6) is 0 Å². The minimum Gasteiger partial charge on any atom is -0.480 e. The Balaban J connectivity index is 2.21. The summed E-state index contributed by atoms with van der Waals surface area (Å²) < 4.78 is 0. The van der Waals surface area contributed by atoms with E-state index in [4.69, 9.17) is 28.7 Å². The number of imidazole rings is 1. The van der Waals surface area contributed by atoms with Crippen molar-refractivity contribution >= 4 is 89.5 Å². The lowest BCUT2D eigenvalue weighted by Crippen LogP contribution is -2.60. The number of thiol groups is 1. The monoisotopic (exact) mass is 1070 g/mol. The van der Waals surface area contributed by atoms with E-state index < -0.39 is 151 Å². The van der Waals surface area contributed by atoms with Gasteiger partial charge in [-0.3, -0.25) is 57.7 Å². The zero-order chi connectivity index (χ0) is 55.8. The number of aliphatic carboxylic acids is 1. The van der Waals surface area contributed by atoms with E-state index in [0.29, 0.717) is 18.5 Å². The van der Waals surface area contributed by atoms with E-state index >= 15 is 0 Å². The number of amides is 11. The van der Waals surface area contributed by atoms with E-state index in [1.54, 1.807) is 6.92 Å². The summed E-state index contributed by atoms with van der Waals surface area (Å²) in [7, 11) is 0. The van der Waals surface area contributed by atoms with Crippen molar-refractivity contribution in [1.82, 2.24) is 57.4 Å². The quantitative estimate of drug-likeness (QED) is 0.0138. The molecule has 11 amide bonds. The number of carbonyl (C=O) groups excluding carboxylic acids is 11. The predicted octanol–water partition coefficient (Wildman–Crippen LogP) is -8.34. The lowest BCUT2D eigenvalue weighted by atomic mass is 9.98. The van der Waals surface area contributed by atoms with Crippen LogP contribution in [0.25, 0.3) is 0 Å². The maximum absolute atomic E-state index is 13.8. The topological polar surface area (TPSA) is 516 Å². The molecule has 1 aromatic heterocycles. The molecular weight excluding hydrogens is 999 g/mol. The number of guanidine groups is 1. The third-order valence-corrected chi connectivity index (χ3v) is 11.8. The van der Waals surface area contributed by atoms with Gasteiger partial charge in [-0.05, 0) is 38.5 Å². The highest BCUT2D eigenvalue weighted by atomic mass is 32.1. The zero-order valence-electron chi connectivity index (χ0n) is 41.1. The SMILES string of the molecule is CC[C@H](C)[C@H](N)C(=O)N1CCC[C@H]1C(=O)N[C@@H](CS)C(=O)N[C@@H](CC(N)=O)C(=O)N[C@@H](CC(N)=O)C(=O)N[C@@H](CCCN=C(N)N)C(=O)NCC(=O)N[C@@H](C)C(=O)N[C@@H](Cc1cnc[nH]1)C(=O)N[C@@H](CO)C(=O)O. The number of likely N-dealkylation sites (tertiary alicyclic amines) is 1. The molecule has 0 saturated carbocycles. The van der Waals surface area contributed by atoms with Gasteiger partial charge in [-0.2, -0.15) is 12.6 Å². The number of aliphatic hydroxyl groups excluding tert-OH is 1. The fraction of sp³-hybridized carbons (Fsp3) is 0.619. The first-order valence-electron chi connectivity index (χ1n) is 23.3. The van der Waals surface area contributed by atoms with Crippen LogP contribution in [-0.2, 0) is 64.0 Å². The van der Waals surface area contributed by atoms with Crippen molar-refractivity contribution in [2.75, 3.05) is 32.0 Å². The lowest BCUT2D eigenvalue weighted by Gasteiger charge is -2.30. The molecule has 412 valence electrons. The van der Waals surface area contributed by atoms with Crippen molar-refractivity contribution in [2.45, 2.75) is 127 Å². The molecule has 74 heavy (non-hydrogen) atoms. The first-order chi connectivity index (χ1) is 34.8. The summed E-state index contributed by atoms with van der Waals surface area (Å²) in [5.41, 5.74) is 28.1. The average Bonchev–Trinajstić information content (AvgIpc) is 4.06. The summed E-state index contributed by atoms with van der Waals surface area (Å²) in [6.45, 7) is 3.31. The minimum absolute atomic E-state index is 0.0293. The molecule has 0 unspecified atom stereocenters. The van der Waals surface area contributed by atoms with Crippen molar-refractivity contribution in [3.63, 3.8) is 0 Å². The molecule has 0 spiro atoms. The van der Waals surface area contributed by atoms with Crippen LogP contribution in [-0.4, -0.2) is 188 Å². The molecule has 10 atom stereocenters. The number of carboxylic acid groups (broad SMARTS) is 1. The van der Waals surface area contributed by atoms with Crippen LogP contribution in [0.3, 0.4) is 0 Å². The van der Waals surface area contributed by atoms with E-state index in [1.165, 1.54) is 24.3 Å². The van der Waals surface area contributed by atoms with Gasteiger partial charge < -0.3 is 91.3 Å². The maximum Gasteiger partial charge on any atom is 0.328 e. The third-order valence-electron chi connectivity index (χ3n) is 11.5. The number of aliphatic imine (C=N–C) groups is 1. The van der Waals surface area contributed by atoms with E-state index in [0.717, 1.165) is 0 Å². The highest BCUT2D eigenvalue weighted by Gasteiger charge is 2.39. The molecule has 1 aliphatic heterocycles. The van der Waals surface area contributed by atoms with Gasteiger partial charge in [0.25, 0.3) is 0 Å². The van der Waals surface area contributed by atoms with E-state index in [-0.39, 0.29) is 56.4 Å².